The average molecular weight is 450 g/mol. The summed E-state index contributed by atoms with van der Waals surface area (Å²) in [6, 6.07) is 15.2. The highest BCUT2D eigenvalue weighted by molar-refractivity contribution is 5.87. The fourth-order valence-corrected chi connectivity index (χ4v) is 5.14. The van der Waals surface area contributed by atoms with Crippen LogP contribution in [0.4, 0.5) is 4.79 Å². The molecule has 0 spiro atoms. The Hall–Kier alpha value is -3.39. The molecule has 8 heteroatoms. The minimum atomic E-state index is -1.10. The third-order valence-electron chi connectivity index (χ3n) is 6.94. The third-order valence-corrected chi connectivity index (χ3v) is 6.94. The Morgan fingerprint density at radius 3 is 2.27 bits per heavy atom. The minimum absolute atomic E-state index is 0.0204. The van der Waals surface area contributed by atoms with Gasteiger partial charge in [0.1, 0.15) is 12.6 Å². The van der Waals surface area contributed by atoms with Gasteiger partial charge in [0.15, 0.2) is 0 Å². The van der Waals surface area contributed by atoms with Crippen molar-refractivity contribution in [2.24, 2.45) is 11.8 Å². The number of nitrogens with zero attached hydrogens (tertiary/aromatic N) is 1. The fourth-order valence-electron chi connectivity index (χ4n) is 5.14. The number of alkyl carbamates (subject to hydrolysis) is 1. The molecule has 2 fully saturated rings. The molecule has 2 aromatic rings. The highest BCUT2D eigenvalue weighted by Crippen LogP contribution is 2.44. The number of nitrogens with one attached hydrogen (secondary N) is 1. The first kappa shape index (κ1) is 21.5. The minimum Gasteiger partial charge on any atom is -0.480 e. The number of hydrogen-bond acceptors (Lipinski definition) is 5. The van der Waals surface area contributed by atoms with Crippen molar-refractivity contribution >= 4 is 18.0 Å². The zero-order valence-electron chi connectivity index (χ0n) is 18.0. The van der Waals surface area contributed by atoms with Crippen molar-refractivity contribution in [1.29, 1.82) is 0 Å². The summed E-state index contributed by atoms with van der Waals surface area (Å²) in [5.74, 6) is -1.77. The fraction of sp³-hybridized carbons (Fsp3) is 0.400. The molecule has 1 saturated carbocycles. The van der Waals surface area contributed by atoms with Crippen molar-refractivity contribution in [3.05, 3.63) is 59.7 Å². The molecular formula is C25H26N2O6. The van der Waals surface area contributed by atoms with E-state index in [0.717, 1.165) is 22.3 Å². The van der Waals surface area contributed by atoms with Crippen LogP contribution < -0.4 is 5.32 Å². The maximum Gasteiger partial charge on any atom is 0.407 e. The van der Waals surface area contributed by atoms with Crippen LogP contribution in [-0.4, -0.2) is 64.9 Å². The van der Waals surface area contributed by atoms with Crippen LogP contribution in [0.15, 0.2) is 48.5 Å². The van der Waals surface area contributed by atoms with Crippen LogP contribution in [-0.2, 0) is 14.3 Å². The second kappa shape index (κ2) is 8.51. The number of likely N-dealkylation sites (tertiary alicyclic amines) is 1. The van der Waals surface area contributed by atoms with Gasteiger partial charge in [-0.3, -0.25) is 4.79 Å². The van der Waals surface area contributed by atoms with E-state index in [4.69, 9.17) is 4.74 Å². The zero-order chi connectivity index (χ0) is 23.1. The van der Waals surface area contributed by atoms with E-state index in [1.165, 1.54) is 4.90 Å². The van der Waals surface area contributed by atoms with Gasteiger partial charge >= 0.3 is 12.1 Å². The number of carbonyl (C=O) groups excluding carboxylic acids is 2. The first-order chi connectivity index (χ1) is 15.9. The molecule has 3 N–H and O–H groups in total. The van der Waals surface area contributed by atoms with Crippen molar-refractivity contribution in [3.63, 3.8) is 0 Å². The predicted molar refractivity (Wildman–Crippen MR) is 118 cm³/mol. The van der Waals surface area contributed by atoms with Crippen LogP contribution in [0.25, 0.3) is 11.1 Å². The number of β-amino-alcohol motifs (C(OH)–C–C–N with tert-alkyl or cyclic N) is 1. The summed E-state index contributed by atoms with van der Waals surface area (Å²) in [6.07, 6.45) is -0.709. The second-order valence-corrected chi connectivity index (χ2v) is 9.04. The molecule has 33 heavy (non-hydrogen) atoms. The van der Waals surface area contributed by atoms with Crippen LogP contribution in [0.5, 0.6) is 0 Å². The van der Waals surface area contributed by atoms with E-state index in [9.17, 15) is 24.6 Å². The van der Waals surface area contributed by atoms with Crippen molar-refractivity contribution in [2.45, 2.75) is 30.9 Å². The summed E-state index contributed by atoms with van der Waals surface area (Å²) in [4.78, 5) is 37.6. The van der Waals surface area contributed by atoms with Gasteiger partial charge in [-0.25, -0.2) is 9.59 Å². The van der Waals surface area contributed by atoms with E-state index in [1.54, 1.807) is 0 Å². The van der Waals surface area contributed by atoms with E-state index >= 15 is 0 Å². The third kappa shape index (κ3) is 4.06. The van der Waals surface area contributed by atoms with Gasteiger partial charge in [-0.1, -0.05) is 48.5 Å². The topological polar surface area (TPSA) is 116 Å². The summed E-state index contributed by atoms with van der Waals surface area (Å²) in [5, 5.41) is 21.8. The van der Waals surface area contributed by atoms with Gasteiger partial charge in [-0.15, -0.1) is 0 Å². The van der Waals surface area contributed by atoms with Gasteiger partial charge in [-0.2, -0.15) is 0 Å². The molecule has 8 nitrogen and oxygen atoms in total. The Morgan fingerprint density at radius 2 is 1.64 bits per heavy atom. The molecule has 4 atom stereocenters. The number of carboxylic acids is 1. The highest BCUT2D eigenvalue weighted by Gasteiger charge is 2.49. The molecule has 2 amide bonds. The highest BCUT2D eigenvalue weighted by atomic mass is 16.5. The number of benzene rings is 2. The molecule has 0 bridgehead atoms. The first-order valence-electron chi connectivity index (χ1n) is 11.2. The number of carboxylic acid groups (broad SMARTS) is 1. The van der Waals surface area contributed by atoms with E-state index in [1.807, 2.05) is 24.3 Å². The van der Waals surface area contributed by atoms with Gasteiger partial charge in [0.2, 0.25) is 5.91 Å². The molecule has 1 aliphatic heterocycles. The van der Waals surface area contributed by atoms with E-state index in [0.29, 0.717) is 13.0 Å². The van der Waals surface area contributed by atoms with Gasteiger partial charge in [0.05, 0.1) is 6.10 Å². The number of aliphatic hydroxyl groups is 1. The maximum absolute atomic E-state index is 12.7. The molecule has 1 saturated heterocycles. The smallest absolute Gasteiger partial charge is 0.407 e. The molecule has 3 aliphatic rings. The van der Waals surface area contributed by atoms with Crippen LogP contribution in [0, 0.1) is 11.8 Å². The molecule has 0 radical (unpaired) electrons. The molecule has 2 aliphatic carbocycles. The van der Waals surface area contributed by atoms with Gasteiger partial charge in [0, 0.05) is 31.3 Å². The molecular weight excluding hydrogens is 424 g/mol. The van der Waals surface area contributed by atoms with E-state index < -0.39 is 24.2 Å². The number of rotatable bonds is 6. The van der Waals surface area contributed by atoms with Crippen molar-refractivity contribution in [1.82, 2.24) is 10.2 Å². The Balaban J connectivity index is 1.12. The number of hydrogen-bond donors (Lipinski definition) is 3. The quantitative estimate of drug-likeness (QED) is 0.621. The lowest BCUT2D eigenvalue weighted by Gasteiger charge is -2.21. The number of carbonyl (C=O) groups is 3. The lowest BCUT2D eigenvalue weighted by atomic mass is 9.98. The summed E-state index contributed by atoms with van der Waals surface area (Å²) in [5.41, 5.74) is 4.60. The Kier molecular flexibility index (Phi) is 5.54. The lowest BCUT2D eigenvalue weighted by Crippen LogP contribution is -2.42. The standard InChI is InChI=1S/C25H26N2O6/c28-15-10-22(24(30)31)27(12-15)23(29)20-9-14(20)11-26-25(32)33-13-21-18-7-3-1-5-16(18)17-6-2-4-8-19(17)21/h1-8,14-15,20-22,28H,9-13H2,(H,26,32)(H,30,31)/t14-,15+,20-,22-/m0/s1. The summed E-state index contributed by atoms with van der Waals surface area (Å²) in [6.45, 7) is 0.554. The number of aliphatic carboxylic acids is 1. The number of aliphatic hydroxyl groups excluding tert-OH is 1. The maximum atomic E-state index is 12.7. The van der Waals surface area contributed by atoms with Crippen molar-refractivity contribution in [2.75, 3.05) is 19.7 Å². The second-order valence-electron chi connectivity index (χ2n) is 9.04. The Bertz CT molecular complexity index is 1060. The molecule has 5 rings (SSSR count). The van der Waals surface area contributed by atoms with Crippen molar-refractivity contribution < 1.29 is 29.3 Å². The predicted octanol–water partition coefficient (Wildman–Crippen LogP) is 2.21. The summed E-state index contributed by atoms with van der Waals surface area (Å²) >= 11 is 0. The monoisotopic (exact) mass is 450 g/mol. The van der Waals surface area contributed by atoms with Crippen LogP contribution in [0.2, 0.25) is 0 Å². The number of ether oxygens (including phenoxy) is 1. The average Bonchev–Trinajstić information content (AvgIpc) is 3.38. The number of amides is 2. The lowest BCUT2D eigenvalue weighted by molar-refractivity contribution is -0.148. The first-order valence-corrected chi connectivity index (χ1v) is 11.2. The van der Waals surface area contributed by atoms with Crippen LogP contribution in [0.3, 0.4) is 0 Å². The molecule has 0 unspecified atom stereocenters. The Morgan fingerprint density at radius 1 is 1.00 bits per heavy atom. The largest absolute Gasteiger partial charge is 0.480 e. The van der Waals surface area contributed by atoms with Gasteiger partial charge in [0.25, 0.3) is 0 Å². The van der Waals surface area contributed by atoms with Crippen LogP contribution in [0.1, 0.15) is 29.9 Å². The number of fused-ring (bicyclic) bond motifs is 3. The van der Waals surface area contributed by atoms with E-state index in [2.05, 4.69) is 29.6 Å². The zero-order valence-corrected chi connectivity index (χ0v) is 18.0. The Labute approximate surface area is 191 Å². The van der Waals surface area contributed by atoms with Gasteiger partial charge < -0.3 is 25.2 Å². The molecule has 0 aromatic heterocycles. The SMILES string of the molecule is O=C(NC[C@@H]1C[C@@H]1C(=O)N1C[C@H](O)C[C@H]1C(=O)O)OCC1c2ccccc2-c2ccccc21. The normalized spacial score (nSPS) is 25.3. The molecule has 172 valence electrons. The van der Waals surface area contributed by atoms with Gasteiger partial charge in [-0.05, 0) is 34.6 Å². The van der Waals surface area contributed by atoms with Crippen molar-refractivity contribution in [3.8, 4) is 11.1 Å². The van der Waals surface area contributed by atoms with Crippen LogP contribution >= 0.6 is 0 Å². The molecule has 1 heterocycles. The summed E-state index contributed by atoms with van der Waals surface area (Å²) < 4.78 is 5.52. The summed E-state index contributed by atoms with van der Waals surface area (Å²) in [7, 11) is 0. The van der Waals surface area contributed by atoms with E-state index in [-0.39, 0.29) is 43.2 Å². The molecule has 2 aromatic carbocycles.